The average Bonchev–Trinajstić information content (AvgIpc) is 2.04. The lowest BCUT2D eigenvalue weighted by Crippen LogP contribution is -2.22. The summed E-state index contributed by atoms with van der Waals surface area (Å²) in [7, 11) is 0.209. The first-order chi connectivity index (χ1) is 6.08. The van der Waals surface area contributed by atoms with Crippen LogP contribution in [0.5, 0.6) is 0 Å². The van der Waals surface area contributed by atoms with Crippen molar-refractivity contribution in [2.75, 3.05) is 0 Å². The highest BCUT2D eigenvalue weighted by atomic mass is 28.3. The standard InChI is InChI=1S/C11H18Si2/c1-13(2,3)10-9-12-11-7-5-4-6-8-11/h4-8H,9-10H2,1-3H3. The molecular weight excluding hydrogens is 188 g/mol. The second-order valence-electron chi connectivity index (χ2n) is 4.60. The Labute approximate surface area is 85.2 Å². The third kappa shape index (κ3) is 5.06. The number of hydrogen-bond acceptors (Lipinski definition) is 0. The molecular formula is C11H18Si2. The normalized spacial score (nSPS) is 11.6. The van der Waals surface area contributed by atoms with E-state index in [1.807, 2.05) is 0 Å². The third-order valence-electron chi connectivity index (χ3n) is 1.98. The Balaban J connectivity index is 2.29. The molecule has 0 saturated heterocycles. The summed E-state index contributed by atoms with van der Waals surface area (Å²) < 4.78 is 0. The summed E-state index contributed by atoms with van der Waals surface area (Å²) in [6.07, 6.45) is 0. The van der Waals surface area contributed by atoms with Gasteiger partial charge in [0.2, 0.25) is 0 Å². The van der Waals surface area contributed by atoms with Gasteiger partial charge in [0.05, 0.1) is 9.52 Å². The molecule has 1 rings (SSSR count). The molecule has 0 nitrogen and oxygen atoms in total. The van der Waals surface area contributed by atoms with Crippen LogP contribution in [0.3, 0.4) is 0 Å². The van der Waals surface area contributed by atoms with Crippen LogP contribution in [0.15, 0.2) is 30.3 Å². The fraction of sp³-hybridized carbons (Fsp3) is 0.455. The Morgan fingerprint density at radius 2 is 1.69 bits per heavy atom. The molecule has 0 atom stereocenters. The summed E-state index contributed by atoms with van der Waals surface area (Å²) in [5.74, 6) is 0. The molecule has 0 aliphatic heterocycles. The summed E-state index contributed by atoms with van der Waals surface area (Å²) in [5.41, 5.74) is 0. The lowest BCUT2D eigenvalue weighted by atomic mass is 10.4. The van der Waals surface area contributed by atoms with Crippen LogP contribution in [0.25, 0.3) is 0 Å². The lowest BCUT2D eigenvalue weighted by Gasteiger charge is -2.14. The van der Waals surface area contributed by atoms with Gasteiger partial charge in [-0.15, -0.1) is 0 Å². The van der Waals surface area contributed by atoms with Gasteiger partial charge in [0.1, 0.15) is 0 Å². The number of rotatable bonds is 4. The highest BCUT2D eigenvalue weighted by Crippen LogP contribution is 2.10. The smallest absolute Gasteiger partial charge is 0.0696 e. The van der Waals surface area contributed by atoms with Crippen LogP contribution in [0.1, 0.15) is 0 Å². The van der Waals surface area contributed by atoms with Gasteiger partial charge >= 0.3 is 0 Å². The Hall–Kier alpha value is -0.346. The van der Waals surface area contributed by atoms with Crippen molar-refractivity contribution in [1.82, 2.24) is 0 Å². The van der Waals surface area contributed by atoms with Crippen LogP contribution < -0.4 is 5.19 Å². The molecule has 0 unspecified atom stereocenters. The maximum atomic E-state index is 2.45. The van der Waals surface area contributed by atoms with Crippen molar-refractivity contribution in [3.8, 4) is 0 Å². The predicted molar refractivity (Wildman–Crippen MR) is 64.8 cm³/mol. The molecule has 2 heteroatoms. The molecule has 0 bridgehead atoms. The molecule has 0 spiro atoms. The quantitative estimate of drug-likeness (QED) is 0.665. The van der Waals surface area contributed by atoms with E-state index in [-0.39, 0.29) is 0 Å². The van der Waals surface area contributed by atoms with Gasteiger partial charge in [0, 0.05) is 8.07 Å². The highest BCUT2D eigenvalue weighted by Gasteiger charge is 2.11. The Bertz CT molecular complexity index is 236. The van der Waals surface area contributed by atoms with E-state index in [1.165, 1.54) is 17.3 Å². The first kappa shape index (κ1) is 10.7. The summed E-state index contributed by atoms with van der Waals surface area (Å²) in [4.78, 5) is 0. The zero-order valence-corrected chi connectivity index (χ0v) is 10.8. The van der Waals surface area contributed by atoms with E-state index in [2.05, 4.69) is 50.0 Å². The van der Waals surface area contributed by atoms with Gasteiger partial charge in [0.25, 0.3) is 0 Å². The molecule has 0 amide bonds. The van der Waals surface area contributed by atoms with Crippen molar-refractivity contribution in [3.05, 3.63) is 30.3 Å². The summed E-state index contributed by atoms with van der Waals surface area (Å²) >= 11 is 0. The third-order valence-corrected chi connectivity index (χ3v) is 5.47. The fourth-order valence-electron chi connectivity index (χ4n) is 1.14. The Kier molecular flexibility index (Phi) is 3.94. The number of hydrogen-bond donors (Lipinski definition) is 0. The molecule has 0 heterocycles. The second-order valence-corrected chi connectivity index (χ2v) is 11.7. The van der Waals surface area contributed by atoms with Crippen LogP contribution >= 0.6 is 0 Å². The van der Waals surface area contributed by atoms with Crippen molar-refractivity contribution in [2.24, 2.45) is 0 Å². The SMILES string of the molecule is C[Si](C)(C)CC[Si]c1ccccc1. The van der Waals surface area contributed by atoms with E-state index in [0.29, 0.717) is 0 Å². The van der Waals surface area contributed by atoms with Crippen molar-refractivity contribution in [2.45, 2.75) is 31.7 Å². The minimum atomic E-state index is -0.804. The molecule has 0 N–H and O–H groups in total. The first-order valence-electron chi connectivity index (χ1n) is 4.87. The van der Waals surface area contributed by atoms with E-state index in [4.69, 9.17) is 0 Å². The van der Waals surface area contributed by atoms with E-state index in [0.717, 1.165) is 9.52 Å². The molecule has 0 saturated carbocycles. The van der Waals surface area contributed by atoms with Gasteiger partial charge in [-0.25, -0.2) is 0 Å². The largest absolute Gasteiger partial charge is 0.0805 e. The molecule has 2 radical (unpaired) electrons. The average molecular weight is 206 g/mol. The van der Waals surface area contributed by atoms with Crippen LogP contribution in [0.2, 0.25) is 31.7 Å². The molecule has 0 aromatic heterocycles. The minimum Gasteiger partial charge on any atom is -0.0696 e. The highest BCUT2D eigenvalue weighted by molar-refractivity contribution is 6.77. The van der Waals surface area contributed by atoms with Crippen molar-refractivity contribution >= 4 is 22.8 Å². The maximum absolute atomic E-state index is 2.45. The van der Waals surface area contributed by atoms with Crippen LogP contribution in [0, 0.1) is 0 Å². The zero-order chi connectivity index (χ0) is 9.73. The van der Waals surface area contributed by atoms with Gasteiger partial charge in [-0.1, -0.05) is 67.2 Å². The molecule has 1 aromatic rings. The molecule has 0 aliphatic rings. The first-order valence-corrected chi connectivity index (χ1v) is 9.78. The molecule has 0 aliphatic carbocycles. The molecule has 13 heavy (non-hydrogen) atoms. The Morgan fingerprint density at radius 3 is 2.23 bits per heavy atom. The summed E-state index contributed by atoms with van der Waals surface area (Å²) in [6.45, 7) is 7.34. The van der Waals surface area contributed by atoms with E-state index in [9.17, 15) is 0 Å². The number of benzene rings is 1. The predicted octanol–water partition coefficient (Wildman–Crippen LogP) is 2.77. The minimum absolute atomic E-state index is 0.804. The fourth-order valence-corrected chi connectivity index (χ4v) is 5.35. The lowest BCUT2D eigenvalue weighted by molar-refractivity contribution is 1.33. The van der Waals surface area contributed by atoms with Gasteiger partial charge < -0.3 is 0 Å². The second kappa shape index (κ2) is 4.77. The van der Waals surface area contributed by atoms with Crippen molar-refractivity contribution in [3.63, 3.8) is 0 Å². The van der Waals surface area contributed by atoms with Gasteiger partial charge in [-0.2, -0.15) is 0 Å². The Morgan fingerprint density at radius 1 is 1.08 bits per heavy atom. The monoisotopic (exact) mass is 206 g/mol. The van der Waals surface area contributed by atoms with Crippen LogP contribution in [0.4, 0.5) is 0 Å². The summed E-state index contributed by atoms with van der Waals surface area (Å²) in [5, 5.41) is 1.51. The van der Waals surface area contributed by atoms with Gasteiger partial charge in [0.15, 0.2) is 0 Å². The maximum Gasteiger partial charge on any atom is 0.0805 e. The van der Waals surface area contributed by atoms with Crippen molar-refractivity contribution < 1.29 is 0 Å². The van der Waals surface area contributed by atoms with Crippen molar-refractivity contribution in [1.29, 1.82) is 0 Å². The van der Waals surface area contributed by atoms with Gasteiger partial charge in [-0.3, -0.25) is 0 Å². The molecule has 0 fully saturated rings. The van der Waals surface area contributed by atoms with Gasteiger partial charge in [-0.05, 0) is 0 Å². The van der Waals surface area contributed by atoms with Crippen LogP contribution in [-0.4, -0.2) is 17.6 Å². The summed E-state index contributed by atoms with van der Waals surface area (Å²) in [6, 6.07) is 13.7. The topological polar surface area (TPSA) is 0 Å². The zero-order valence-electron chi connectivity index (χ0n) is 8.80. The van der Waals surface area contributed by atoms with E-state index in [1.54, 1.807) is 0 Å². The van der Waals surface area contributed by atoms with Crippen LogP contribution in [-0.2, 0) is 0 Å². The van der Waals surface area contributed by atoms with E-state index >= 15 is 0 Å². The molecule has 1 aromatic carbocycles. The van der Waals surface area contributed by atoms with E-state index < -0.39 is 8.07 Å². The molecule has 70 valence electrons.